The van der Waals surface area contributed by atoms with Crippen molar-refractivity contribution >= 4 is 0 Å². The van der Waals surface area contributed by atoms with Crippen LogP contribution in [0.25, 0.3) is 0 Å². The highest BCUT2D eigenvalue weighted by Gasteiger charge is 2.31. The summed E-state index contributed by atoms with van der Waals surface area (Å²) in [5.74, 6) is 0. The SMILES string of the molecule is CCOOCc1ccc(C(F)(F)F)cc1CNCC1OC(C)O1. The van der Waals surface area contributed by atoms with Gasteiger partial charge in [-0.15, -0.1) is 0 Å². The molecule has 23 heavy (non-hydrogen) atoms. The zero-order valence-electron chi connectivity index (χ0n) is 13.0. The number of hydrogen-bond donors (Lipinski definition) is 1. The summed E-state index contributed by atoms with van der Waals surface area (Å²) < 4.78 is 49.1. The van der Waals surface area contributed by atoms with Crippen molar-refractivity contribution in [2.24, 2.45) is 0 Å². The first-order valence-corrected chi connectivity index (χ1v) is 7.35. The number of rotatable bonds is 8. The molecule has 1 aromatic carbocycles. The van der Waals surface area contributed by atoms with E-state index in [-0.39, 0.29) is 25.7 Å². The minimum Gasteiger partial charge on any atom is -0.323 e. The third-order valence-corrected chi connectivity index (χ3v) is 3.26. The van der Waals surface area contributed by atoms with E-state index in [1.165, 1.54) is 6.07 Å². The molecule has 0 aliphatic carbocycles. The van der Waals surface area contributed by atoms with Crippen molar-refractivity contribution in [3.8, 4) is 0 Å². The second kappa shape index (κ2) is 8.07. The van der Waals surface area contributed by atoms with Crippen molar-refractivity contribution in [2.45, 2.75) is 45.8 Å². The van der Waals surface area contributed by atoms with Gasteiger partial charge in [0.15, 0.2) is 12.6 Å². The van der Waals surface area contributed by atoms with Crippen molar-refractivity contribution in [2.75, 3.05) is 13.2 Å². The maximum absolute atomic E-state index is 12.8. The number of nitrogens with one attached hydrogen (secondary N) is 1. The van der Waals surface area contributed by atoms with Crippen LogP contribution in [0.4, 0.5) is 13.2 Å². The lowest BCUT2D eigenvalue weighted by Crippen LogP contribution is -2.45. The van der Waals surface area contributed by atoms with Crippen LogP contribution in [0.5, 0.6) is 0 Å². The van der Waals surface area contributed by atoms with Crippen molar-refractivity contribution in [1.82, 2.24) is 5.32 Å². The number of ether oxygens (including phenoxy) is 2. The van der Waals surface area contributed by atoms with Crippen LogP contribution in [-0.4, -0.2) is 25.7 Å². The van der Waals surface area contributed by atoms with Gasteiger partial charge in [0, 0.05) is 13.1 Å². The van der Waals surface area contributed by atoms with Gasteiger partial charge in [0.1, 0.15) is 6.61 Å². The van der Waals surface area contributed by atoms with Gasteiger partial charge in [-0.25, -0.2) is 9.78 Å². The fourth-order valence-corrected chi connectivity index (χ4v) is 2.15. The normalized spacial score (nSPS) is 21.3. The molecule has 0 spiro atoms. The number of alkyl halides is 3. The van der Waals surface area contributed by atoms with Crippen LogP contribution in [0, 0.1) is 0 Å². The van der Waals surface area contributed by atoms with Crippen LogP contribution in [0.15, 0.2) is 18.2 Å². The van der Waals surface area contributed by atoms with Gasteiger partial charge in [0.2, 0.25) is 0 Å². The monoisotopic (exact) mass is 335 g/mol. The first-order valence-electron chi connectivity index (χ1n) is 7.35. The van der Waals surface area contributed by atoms with Gasteiger partial charge in [-0.05, 0) is 37.1 Å². The minimum atomic E-state index is -4.39. The molecule has 5 nitrogen and oxygen atoms in total. The van der Waals surface area contributed by atoms with Gasteiger partial charge in [-0.2, -0.15) is 13.2 Å². The Morgan fingerprint density at radius 1 is 1.17 bits per heavy atom. The molecule has 130 valence electrons. The van der Waals surface area contributed by atoms with Crippen molar-refractivity contribution < 1.29 is 32.4 Å². The zero-order valence-corrected chi connectivity index (χ0v) is 13.0. The van der Waals surface area contributed by atoms with E-state index >= 15 is 0 Å². The molecule has 0 aromatic heterocycles. The Balaban J connectivity index is 1.99. The molecule has 1 N–H and O–H groups in total. The average Bonchev–Trinajstić information content (AvgIpc) is 2.45. The summed E-state index contributed by atoms with van der Waals surface area (Å²) in [7, 11) is 0. The third-order valence-electron chi connectivity index (χ3n) is 3.26. The molecule has 1 saturated heterocycles. The van der Waals surface area contributed by atoms with Crippen molar-refractivity contribution in [3.63, 3.8) is 0 Å². The van der Waals surface area contributed by atoms with E-state index in [2.05, 4.69) is 5.32 Å². The molecule has 0 amide bonds. The van der Waals surface area contributed by atoms with Crippen LogP contribution in [0.1, 0.15) is 30.5 Å². The molecule has 1 aliphatic rings. The van der Waals surface area contributed by atoms with Crippen molar-refractivity contribution in [1.29, 1.82) is 0 Å². The Bertz CT molecular complexity index is 504. The van der Waals surface area contributed by atoms with Crippen LogP contribution in [0.3, 0.4) is 0 Å². The summed E-state index contributed by atoms with van der Waals surface area (Å²) >= 11 is 0. The summed E-state index contributed by atoms with van der Waals surface area (Å²) in [6, 6.07) is 3.55. The predicted octanol–water partition coefficient (Wildman–Crippen LogP) is 2.98. The van der Waals surface area contributed by atoms with E-state index in [9.17, 15) is 13.2 Å². The molecule has 0 atom stereocenters. The van der Waals surface area contributed by atoms with Crippen LogP contribution in [-0.2, 0) is 38.6 Å². The highest BCUT2D eigenvalue weighted by atomic mass is 19.4. The maximum Gasteiger partial charge on any atom is 0.416 e. The number of halogens is 3. The lowest BCUT2D eigenvalue weighted by Gasteiger charge is -2.33. The fourth-order valence-electron chi connectivity index (χ4n) is 2.15. The molecule has 0 radical (unpaired) electrons. The molecule has 0 unspecified atom stereocenters. The summed E-state index contributed by atoms with van der Waals surface area (Å²) in [6.45, 7) is 4.61. The van der Waals surface area contributed by atoms with E-state index in [4.69, 9.17) is 19.2 Å². The van der Waals surface area contributed by atoms with Gasteiger partial charge < -0.3 is 14.8 Å². The van der Waals surface area contributed by atoms with Gasteiger partial charge in [-0.1, -0.05) is 6.07 Å². The summed E-state index contributed by atoms with van der Waals surface area (Å²) in [5.41, 5.74) is 0.425. The molecular formula is C15H20F3NO4. The van der Waals surface area contributed by atoms with Gasteiger partial charge in [-0.3, -0.25) is 0 Å². The van der Waals surface area contributed by atoms with E-state index in [1.807, 2.05) is 0 Å². The highest BCUT2D eigenvalue weighted by Crippen LogP contribution is 2.30. The Kier molecular flexibility index (Phi) is 6.37. The third kappa shape index (κ3) is 5.43. The number of hydrogen-bond acceptors (Lipinski definition) is 5. The molecule has 1 fully saturated rings. The molecule has 1 aromatic rings. The first kappa shape index (κ1) is 18.2. The van der Waals surface area contributed by atoms with E-state index in [0.717, 1.165) is 12.1 Å². The summed E-state index contributed by atoms with van der Waals surface area (Å²) in [5, 5.41) is 3.02. The standard InChI is InChI=1S/C15H20F3NO4/c1-3-20-21-9-11-4-5-13(15(16,17)18)6-12(11)7-19-8-14-22-10(2)23-14/h4-6,10,14,19H,3,7-9H2,1-2H3. The van der Waals surface area contributed by atoms with E-state index < -0.39 is 11.7 Å². The predicted molar refractivity (Wildman–Crippen MR) is 75.0 cm³/mol. The molecule has 0 bridgehead atoms. The molecule has 1 aliphatic heterocycles. The molecule has 2 rings (SSSR count). The van der Waals surface area contributed by atoms with Crippen LogP contribution in [0.2, 0.25) is 0 Å². The summed E-state index contributed by atoms with van der Waals surface area (Å²) in [6.07, 6.45) is -4.98. The minimum absolute atomic E-state index is 0.0798. The smallest absolute Gasteiger partial charge is 0.323 e. The van der Waals surface area contributed by atoms with Crippen LogP contribution < -0.4 is 5.32 Å². The molecule has 0 saturated carbocycles. The van der Waals surface area contributed by atoms with Crippen molar-refractivity contribution in [3.05, 3.63) is 34.9 Å². The Morgan fingerprint density at radius 2 is 1.91 bits per heavy atom. The zero-order chi connectivity index (χ0) is 16.9. The van der Waals surface area contributed by atoms with Gasteiger partial charge in [0.05, 0.1) is 12.2 Å². The van der Waals surface area contributed by atoms with E-state index in [0.29, 0.717) is 24.3 Å². The Hall–Kier alpha value is -1.19. The topological polar surface area (TPSA) is 49.0 Å². The maximum atomic E-state index is 12.8. The quantitative estimate of drug-likeness (QED) is 0.450. The Labute approximate surface area is 132 Å². The number of benzene rings is 1. The average molecular weight is 335 g/mol. The van der Waals surface area contributed by atoms with Gasteiger partial charge >= 0.3 is 6.18 Å². The molecule has 8 heteroatoms. The Morgan fingerprint density at radius 3 is 2.52 bits per heavy atom. The second-order valence-corrected chi connectivity index (χ2v) is 5.05. The molecular weight excluding hydrogens is 315 g/mol. The second-order valence-electron chi connectivity index (χ2n) is 5.05. The van der Waals surface area contributed by atoms with Crippen LogP contribution >= 0.6 is 0 Å². The highest BCUT2D eigenvalue weighted by molar-refractivity contribution is 5.33. The first-order chi connectivity index (χ1) is 10.9. The molecule has 1 heterocycles. The fraction of sp³-hybridized carbons (Fsp3) is 0.600. The largest absolute Gasteiger partial charge is 0.416 e. The van der Waals surface area contributed by atoms with Gasteiger partial charge in [0.25, 0.3) is 0 Å². The summed E-state index contributed by atoms with van der Waals surface area (Å²) in [4.78, 5) is 9.74. The lowest BCUT2D eigenvalue weighted by atomic mass is 10.0. The van der Waals surface area contributed by atoms with E-state index in [1.54, 1.807) is 13.8 Å². The lowest BCUT2D eigenvalue weighted by molar-refractivity contribution is -0.372.